The molecule has 0 heterocycles. The van der Waals surface area contributed by atoms with Crippen molar-refractivity contribution in [1.29, 1.82) is 0 Å². The van der Waals surface area contributed by atoms with Crippen molar-refractivity contribution in [2.45, 2.75) is 38.3 Å². The number of hydrogen-bond donors (Lipinski definition) is 1. The lowest BCUT2D eigenvalue weighted by Gasteiger charge is -2.37. The van der Waals surface area contributed by atoms with Crippen molar-refractivity contribution in [1.82, 2.24) is 4.90 Å². The molecule has 2 unspecified atom stereocenters. The zero-order chi connectivity index (χ0) is 14.5. The minimum Gasteiger partial charge on any atom is -0.496 e. The summed E-state index contributed by atoms with van der Waals surface area (Å²) < 4.78 is 5.43. The number of nitrogens with zero attached hydrogens (tertiary/aromatic N) is 1. The summed E-state index contributed by atoms with van der Waals surface area (Å²) in [6.07, 6.45) is 5.07. The van der Waals surface area contributed by atoms with Crippen molar-refractivity contribution in [2.24, 2.45) is 11.7 Å². The Morgan fingerprint density at radius 1 is 1.35 bits per heavy atom. The van der Waals surface area contributed by atoms with Crippen LogP contribution in [0.1, 0.15) is 31.2 Å². The van der Waals surface area contributed by atoms with Crippen LogP contribution in [0, 0.1) is 5.92 Å². The maximum atomic E-state index is 6.33. The van der Waals surface area contributed by atoms with E-state index in [1.807, 2.05) is 18.2 Å². The lowest BCUT2D eigenvalue weighted by molar-refractivity contribution is 0.126. The number of benzene rings is 1. The van der Waals surface area contributed by atoms with E-state index in [1.165, 1.54) is 25.7 Å². The summed E-state index contributed by atoms with van der Waals surface area (Å²) in [5.74, 6) is 1.46. The number of rotatable bonds is 5. The first-order valence-corrected chi connectivity index (χ1v) is 7.76. The van der Waals surface area contributed by atoms with Crippen LogP contribution in [0.4, 0.5) is 0 Å². The summed E-state index contributed by atoms with van der Waals surface area (Å²) in [7, 11) is 3.86. The molecule has 3 nitrogen and oxygen atoms in total. The topological polar surface area (TPSA) is 38.5 Å². The molecule has 1 fully saturated rings. The first-order chi connectivity index (χ1) is 9.67. The van der Waals surface area contributed by atoms with Crippen molar-refractivity contribution in [3.8, 4) is 5.75 Å². The van der Waals surface area contributed by atoms with E-state index in [0.29, 0.717) is 12.0 Å². The van der Waals surface area contributed by atoms with Gasteiger partial charge < -0.3 is 10.5 Å². The van der Waals surface area contributed by atoms with Gasteiger partial charge in [-0.15, -0.1) is 0 Å². The van der Waals surface area contributed by atoms with E-state index in [0.717, 1.165) is 29.4 Å². The molecule has 0 saturated heterocycles. The van der Waals surface area contributed by atoms with Gasteiger partial charge in [-0.25, -0.2) is 0 Å². The van der Waals surface area contributed by atoms with Gasteiger partial charge in [0.15, 0.2) is 0 Å². The second-order valence-corrected chi connectivity index (χ2v) is 6.09. The molecule has 20 heavy (non-hydrogen) atoms. The molecule has 2 atom stereocenters. The van der Waals surface area contributed by atoms with E-state index in [9.17, 15) is 0 Å². The monoisotopic (exact) mass is 296 g/mol. The zero-order valence-corrected chi connectivity index (χ0v) is 13.2. The third kappa shape index (κ3) is 3.46. The molecular weight excluding hydrogens is 272 g/mol. The Morgan fingerprint density at radius 3 is 2.80 bits per heavy atom. The second kappa shape index (κ2) is 7.30. The molecule has 1 aromatic rings. The van der Waals surface area contributed by atoms with Crippen LogP contribution in [0.2, 0.25) is 5.02 Å². The second-order valence-electron chi connectivity index (χ2n) is 5.68. The molecule has 0 aromatic heterocycles. The van der Waals surface area contributed by atoms with E-state index in [2.05, 4.69) is 11.9 Å². The third-order valence-electron chi connectivity index (χ3n) is 4.44. The summed E-state index contributed by atoms with van der Waals surface area (Å²) in [6, 6.07) is 6.37. The van der Waals surface area contributed by atoms with Crippen molar-refractivity contribution < 1.29 is 4.74 Å². The van der Waals surface area contributed by atoms with Gasteiger partial charge in [-0.2, -0.15) is 0 Å². The summed E-state index contributed by atoms with van der Waals surface area (Å²) in [6.45, 7) is 1.58. The highest BCUT2D eigenvalue weighted by Crippen LogP contribution is 2.32. The average molecular weight is 297 g/mol. The number of methoxy groups -OCH3 is 1. The Kier molecular flexibility index (Phi) is 5.70. The molecule has 1 saturated carbocycles. The normalized spacial score (nSPS) is 23.1. The molecule has 0 radical (unpaired) electrons. The summed E-state index contributed by atoms with van der Waals surface area (Å²) in [5.41, 5.74) is 7.00. The van der Waals surface area contributed by atoms with Gasteiger partial charge >= 0.3 is 0 Å². The fraction of sp³-hybridized carbons (Fsp3) is 0.625. The Hall–Kier alpha value is -0.770. The quantitative estimate of drug-likeness (QED) is 0.906. The van der Waals surface area contributed by atoms with Crippen LogP contribution < -0.4 is 10.5 Å². The van der Waals surface area contributed by atoms with Gasteiger partial charge in [0.1, 0.15) is 5.75 Å². The van der Waals surface area contributed by atoms with Gasteiger partial charge in [-0.05, 0) is 44.5 Å². The highest BCUT2D eigenvalue weighted by molar-refractivity contribution is 6.31. The molecule has 112 valence electrons. The predicted octanol–water partition coefficient (Wildman–Crippen LogP) is 3.30. The molecule has 0 spiro atoms. The number of ether oxygens (including phenoxy) is 1. The van der Waals surface area contributed by atoms with E-state index >= 15 is 0 Å². The van der Waals surface area contributed by atoms with Crippen molar-refractivity contribution in [3.63, 3.8) is 0 Å². The van der Waals surface area contributed by atoms with E-state index in [4.69, 9.17) is 22.1 Å². The average Bonchev–Trinajstić information content (AvgIpc) is 2.49. The molecule has 1 aliphatic rings. The molecule has 1 aromatic carbocycles. The standard InChI is InChI=1S/C16H25ClN2O/c1-19(15-8-4-3-6-12(15)10-18)11-13-14(17)7-5-9-16(13)20-2/h5,7,9,12,15H,3-4,6,8,10-11,18H2,1-2H3. The van der Waals surface area contributed by atoms with Gasteiger partial charge in [0.25, 0.3) is 0 Å². The van der Waals surface area contributed by atoms with Gasteiger partial charge in [0.2, 0.25) is 0 Å². The molecule has 1 aliphatic carbocycles. The Bertz CT molecular complexity index is 438. The summed E-state index contributed by atoms with van der Waals surface area (Å²) in [4.78, 5) is 2.39. The molecule has 0 bridgehead atoms. The third-order valence-corrected chi connectivity index (χ3v) is 4.80. The zero-order valence-electron chi connectivity index (χ0n) is 12.4. The lowest BCUT2D eigenvalue weighted by atomic mass is 9.83. The van der Waals surface area contributed by atoms with Crippen molar-refractivity contribution in [3.05, 3.63) is 28.8 Å². The molecule has 2 N–H and O–H groups in total. The van der Waals surface area contributed by atoms with Gasteiger partial charge in [0.05, 0.1) is 7.11 Å². The molecular formula is C16H25ClN2O. The Labute approximate surface area is 127 Å². The van der Waals surface area contributed by atoms with Crippen LogP contribution in [-0.2, 0) is 6.54 Å². The van der Waals surface area contributed by atoms with Crippen LogP contribution in [0.25, 0.3) is 0 Å². The highest BCUT2D eigenvalue weighted by atomic mass is 35.5. The Balaban J connectivity index is 2.12. The van der Waals surface area contributed by atoms with E-state index < -0.39 is 0 Å². The van der Waals surface area contributed by atoms with Crippen molar-refractivity contribution in [2.75, 3.05) is 20.7 Å². The van der Waals surface area contributed by atoms with Gasteiger partial charge in [-0.3, -0.25) is 4.90 Å². The van der Waals surface area contributed by atoms with E-state index in [1.54, 1.807) is 7.11 Å². The van der Waals surface area contributed by atoms with Crippen LogP contribution in [0.3, 0.4) is 0 Å². The first-order valence-electron chi connectivity index (χ1n) is 7.39. The number of hydrogen-bond acceptors (Lipinski definition) is 3. The molecule has 0 aliphatic heterocycles. The predicted molar refractivity (Wildman–Crippen MR) is 84.3 cm³/mol. The van der Waals surface area contributed by atoms with Crippen LogP contribution in [0.15, 0.2) is 18.2 Å². The van der Waals surface area contributed by atoms with Gasteiger partial charge in [0, 0.05) is 23.2 Å². The minimum atomic E-state index is 0.551. The maximum Gasteiger partial charge on any atom is 0.124 e. The fourth-order valence-corrected chi connectivity index (χ4v) is 3.52. The highest BCUT2D eigenvalue weighted by Gasteiger charge is 2.28. The van der Waals surface area contributed by atoms with Crippen LogP contribution >= 0.6 is 11.6 Å². The lowest BCUT2D eigenvalue weighted by Crippen LogP contribution is -2.42. The number of nitrogens with two attached hydrogens (primary N) is 1. The minimum absolute atomic E-state index is 0.551. The molecule has 2 rings (SSSR count). The first kappa shape index (κ1) is 15.6. The molecule has 4 heteroatoms. The van der Waals surface area contributed by atoms with Crippen LogP contribution in [0.5, 0.6) is 5.75 Å². The van der Waals surface area contributed by atoms with Crippen molar-refractivity contribution >= 4 is 11.6 Å². The van der Waals surface area contributed by atoms with Gasteiger partial charge in [-0.1, -0.05) is 30.5 Å². The fourth-order valence-electron chi connectivity index (χ4n) is 3.29. The summed E-state index contributed by atoms with van der Waals surface area (Å²) >= 11 is 6.33. The van der Waals surface area contributed by atoms with Crippen LogP contribution in [-0.4, -0.2) is 31.6 Å². The largest absolute Gasteiger partial charge is 0.496 e. The smallest absolute Gasteiger partial charge is 0.124 e. The summed E-state index contributed by atoms with van der Waals surface area (Å²) in [5, 5.41) is 0.774. The molecule has 0 amide bonds. The Morgan fingerprint density at radius 2 is 2.10 bits per heavy atom. The SMILES string of the molecule is COc1cccc(Cl)c1CN(C)C1CCCCC1CN. The number of halogens is 1. The maximum absolute atomic E-state index is 6.33. The van der Waals surface area contributed by atoms with E-state index in [-0.39, 0.29) is 0 Å².